The summed E-state index contributed by atoms with van der Waals surface area (Å²) in [5.41, 5.74) is -1.98. The van der Waals surface area contributed by atoms with Crippen LogP contribution in [0.15, 0.2) is 6.20 Å². The molecule has 2 amide bonds. The highest BCUT2D eigenvalue weighted by Crippen LogP contribution is 2.22. The van der Waals surface area contributed by atoms with Crippen LogP contribution in [0.5, 0.6) is 0 Å². The zero-order valence-electron chi connectivity index (χ0n) is 17.0. The molecule has 0 aliphatic heterocycles. The van der Waals surface area contributed by atoms with Crippen LogP contribution in [0.3, 0.4) is 0 Å². The molecule has 0 bridgehead atoms. The summed E-state index contributed by atoms with van der Waals surface area (Å²) in [6.45, 7) is 10.7. The zero-order chi connectivity index (χ0) is 21.7. The molecule has 0 atom stereocenters. The standard InChI is InChI=1S/C18H24N4O6/c1-11(23)26-10-12-9-20-14(13(8-19)21-12)22(15(24)27-17(2,3)4)16(25)28-18(5,6)7/h9H,10H2,1-7H3. The van der Waals surface area contributed by atoms with E-state index < -0.39 is 29.4 Å². The summed E-state index contributed by atoms with van der Waals surface area (Å²) >= 11 is 0. The number of amides is 2. The molecule has 1 heterocycles. The van der Waals surface area contributed by atoms with Crippen molar-refractivity contribution < 1.29 is 28.6 Å². The van der Waals surface area contributed by atoms with Crippen LogP contribution >= 0.6 is 0 Å². The van der Waals surface area contributed by atoms with Gasteiger partial charge in [-0.25, -0.2) is 19.6 Å². The van der Waals surface area contributed by atoms with E-state index in [1.807, 2.05) is 0 Å². The van der Waals surface area contributed by atoms with Crippen molar-refractivity contribution in [2.24, 2.45) is 0 Å². The predicted molar refractivity (Wildman–Crippen MR) is 97.2 cm³/mol. The molecule has 0 N–H and O–H groups in total. The second-order valence-corrected chi connectivity index (χ2v) is 7.72. The Hall–Kier alpha value is -3.22. The van der Waals surface area contributed by atoms with E-state index >= 15 is 0 Å². The Bertz CT molecular complexity index is 774. The smallest absolute Gasteiger partial charge is 0.425 e. The van der Waals surface area contributed by atoms with Gasteiger partial charge in [0, 0.05) is 6.92 Å². The molecule has 28 heavy (non-hydrogen) atoms. The molecular weight excluding hydrogens is 368 g/mol. The van der Waals surface area contributed by atoms with Crippen molar-refractivity contribution in [1.29, 1.82) is 5.26 Å². The topological polar surface area (TPSA) is 132 Å². The minimum absolute atomic E-state index is 0.170. The van der Waals surface area contributed by atoms with Crippen molar-refractivity contribution >= 4 is 24.0 Å². The van der Waals surface area contributed by atoms with Gasteiger partial charge in [-0.05, 0) is 41.5 Å². The molecule has 0 spiro atoms. The molecule has 0 aliphatic carbocycles. The van der Waals surface area contributed by atoms with Crippen molar-refractivity contribution in [1.82, 2.24) is 9.97 Å². The summed E-state index contributed by atoms with van der Waals surface area (Å²) < 4.78 is 15.3. The molecule has 0 saturated heterocycles. The molecule has 10 nitrogen and oxygen atoms in total. The Labute approximate surface area is 163 Å². The van der Waals surface area contributed by atoms with Crippen molar-refractivity contribution in [2.45, 2.75) is 66.3 Å². The molecule has 0 saturated carbocycles. The van der Waals surface area contributed by atoms with Crippen LogP contribution in [0.1, 0.15) is 59.9 Å². The zero-order valence-corrected chi connectivity index (χ0v) is 17.0. The Morgan fingerprint density at radius 1 is 1.07 bits per heavy atom. The van der Waals surface area contributed by atoms with E-state index in [0.717, 1.165) is 0 Å². The van der Waals surface area contributed by atoms with E-state index in [0.29, 0.717) is 4.90 Å². The largest absolute Gasteiger partial charge is 0.459 e. The fraction of sp³-hybridized carbons (Fsp3) is 0.556. The molecule has 152 valence electrons. The number of carbonyl (C=O) groups is 3. The second kappa shape index (κ2) is 8.65. The minimum atomic E-state index is -1.07. The van der Waals surface area contributed by atoms with E-state index in [-0.39, 0.29) is 23.8 Å². The summed E-state index contributed by atoms with van der Waals surface area (Å²) in [6, 6.07) is 1.77. The first-order valence-corrected chi connectivity index (χ1v) is 8.39. The highest BCUT2D eigenvalue weighted by Gasteiger charge is 2.35. The number of nitriles is 1. The van der Waals surface area contributed by atoms with Gasteiger partial charge in [-0.2, -0.15) is 10.2 Å². The number of hydrogen-bond acceptors (Lipinski definition) is 9. The fourth-order valence-electron chi connectivity index (χ4n) is 1.77. The number of imide groups is 1. The Morgan fingerprint density at radius 2 is 1.57 bits per heavy atom. The number of ether oxygens (including phenoxy) is 3. The maximum atomic E-state index is 12.6. The third-order valence-corrected chi connectivity index (χ3v) is 2.70. The van der Waals surface area contributed by atoms with Gasteiger partial charge in [-0.3, -0.25) is 4.79 Å². The molecule has 1 rings (SSSR count). The van der Waals surface area contributed by atoms with Crippen molar-refractivity contribution in [2.75, 3.05) is 4.90 Å². The van der Waals surface area contributed by atoms with Gasteiger partial charge in [0.15, 0.2) is 11.5 Å². The first kappa shape index (κ1) is 22.8. The molecule has 0 aliphatic rings. The normalized spacial score (nSPS) is 11.2. The van der Waals surface area contributed by atoms with Crippen molar-refractivity contribution in [3.63, 3.8) is 0 Å². The second-order valence-electron chi connectivity index (χ2n) is 7.72. The molecular formula is C18H24N4O6. The molecule has 1 aromatic heterocycles. The minimum Gasteiger partial charge on any atom is -0.459 e. The van der Waals surface area contributed by atoms with Gasteiger partial charge >= 0.3 is 18.2 Å². The van der Waals surface area contributed by atoms with Gasteiger partial charge in [0.05, 0.1) is 11.9 Å². The van der Waals surface area contributed by atoms with Crippen LogP contribution in [-0.4, -0.2) is 39.3 Å². The first-order valence-electron chi connectivity index (χ1n) is 8.39. The van der Waals surface area contributed by atoms with Gasteiger partial charge in [-0.1, -0.05) is 0 Å². The van der Waals surface area contributed by atoms with Gasteiger partial charge in [0.1, 0.15) is 23.9 Å². The third kappa shape index (κ3) is 7.19. The van der Waals surface area contributed by atoms with E-state index in [2.05, 4.69) is 9.97 Å². The SMILES string of the molecule is CC(=O)OCc1cnc(N(C(=O)OC(C)(C)C)C(=O)OC(C)(C)C)c(C#N)n1. The number of hydrogen-bond donors (Lipinski definition) is 0. The highest BCUT2D eigenvalue weighted by atomic mass is 16.6. The summed E-state index contributed by atoms with van der Waals surface area (Å²) in [7, 11) is 0. The number of esters is 1. The van der Waals surface area contributed by atoms with Crippen LogP contribution < -0.4 is 4.90 Å². The lowest BCUT2D eigenvalue weighted by Crippen LogP contribution is -2.44. The lowest BCUT2D eigenvalue weighted by Gasteiger charge is -2.28. The monoisotopic (exact) mass is 392 g/mol. The molecule has 0 unspecified atom stereocenters. The summed E-state index contributed by atoms with van der Waals surface area (Å²) in [6.07, 6.45) is -0.957. The van der Waals surface area contributed by atoms with E-state index in [4.69, 9.17) is 14.2 Å². The van der Waals surface area contributed by atoms with Crippen LogP contribution in [0.4, 0.5) is 15.4 Å². The number of nitrogens with zero attached hydrogens (tertiary/aromatic N) is 4. The first-order chi connectivity index (χ1) is 12.7. The van der Waals surface area contributed by atoms with E-state index in [9.17, 15) is 19.6 Å². The average molecular weight is 392 g/mol. The number of anilines is 1. The lowest BCUT2D eigenvalue weighted by molar-refractivity contribution is -0.142. The number of carbonyl (C=O) groups excluding carboxylic acids is 3. The Morgan fingerprint density at radius 3 is 1.96 bits per heavy atom. The Balaban J connectivity index is 3.36. The molecule has 0 fully saturated rings. The maximum absolute atomic E-state index is 12.6. The Kier molecular flexibility index (Phi) is 7.05. The van der Waals surface area contributed by atoms with Crippen LogP contribution in [-0.2, 0) is 25.6 Å². The van der Waals surface area contributed by atoms with Crippen LogP contribution in [0.2, 0.25) is 0 Å². The molecule has 10 heteroatoms. The summed E-state index contributed by atoms with van der Waals surface area (Å²) in [5.74, 6) is -0.883. The number of rotatable bonds is 3. The average Bonchev–Trinajstić information content (AvgIpc) is 2.50. The number of aromatic nitrogens is 2. The molecule has 0 radical (unpaired) electrons. The maximum Gasteiger partial charge on any atom is 0.425 e. The third-order valence-electron chi connectivity index (χ3n) is 2.70. The lowest BCUT2D eigenvalue weighted by atomic mass is 10.2. The van der Waals surface area contributed by atoms with E-state index in [1.54, 1.807) is 47.6 Å². The van der Waals surface area contributed by atoms with Gasteiger partial charge in [-0.15, -0.1) is 0 Å². The van der Waals surface area contributed by atoms with Gasteiger partial charge in [0.2, 0.25) is 0 Å². The molecule has 1 aromatic rings. The van der Waals surface area contributed by atoms with Crippen LogP contribution in [0, 0.1) is 11.3 Å². The van der Waals surface area contributed by atoms with Crippen molar-refractivity contribution in [3.05, 3.63) is 17.6 Å². The van der Waals surface area contributed by atoms with E-state index in [1.165, 1.54) is 13.1 Å². The predicted octanol–water partition coefficient (Wildman–Crippen LogP) is 3.09. The van der Waals surface area contributed by atoms with Gasteiger partial charge in [0.25, 0.3) is 0 Å². The summed E-state index contributed by atoms with van der Waals surface area (Å²) in [4.78, 5) is 44.6. The summed E-state index contributed by atoms with van der Waals surface area (Å²) in [5, 5.41) is 9.41. The quantitative estimate of drug-likeness (QED) is 0.562. The highest BCUT2D eigenvalue weighted by molar-refractivity contribution is 6.09. The van der Waals surface area contributed by atoms with Crippen molar-refractivity contribution in [3.8, 4) is 6.07 Å². The molecule has 0 aromatic carbocycles. The van der Waals surface area contributed by atoms with Gasteiger partial charge < -0.3 is 14.2 Å². The van der Waals surface area contributed by atoms with Crippen LogP contribution in [0.25, 0.3) is 0 Å². The fourth-order valence-corrected chi connectivity index (χ4v) is 1.77.